The van der Waals surface area contributed by atoms with Crippen LogP contribution in [0.5, 0.6) is 0 Å². The topological polar surface area (TPSA) is 60.3 Å². The predicted octanol–water partition coefficient (Wildman–Crippen LogP) is 3.50. The van der Waals surface area contributed by atoms with Crippen molar-refractivity contribution in [2.45, 2.75) is 26.8 Å². The Labute approximate surface area is 146 Å². The molecule has 0 unspecified atom stereocenters. The van der Waals surface area contributed by atoms with Gasteiger partial charge in [-0.15, -0.1) is 0 Å². The number of carbonyl (C=O) groups excluding carboxylic acids is 2. The van der Waals surface area contributed by atoms with E-state index in [0.29, 0.717) is 12.2 Å². The molecule has 2 aromatic carbocycles. The highest BCUT2D eigenvalue weighted by Crippen LogP contribution is 2.29. The summed E-state index contributed by atoms with van der Waals surface area (Å²) >= 11 is 0. The van der Waals surface area contributed by atoms with Crippen molar-refractivity contribution < 1.29 is 14.3 Å². The van der Waals surface area contributed by atoms with Gasteiger partial charge in [-0.2, -0.15) is 0 Å². The van der Waals surface area contributed by atoms with Crippen LogP contribution in [0.2, 0.25) is 0 Å². The van der Waals surface area contributed by atoms with Gasteiger partial charge in [-0.1, -0.05) is 18.2 Å². The molecule has 0 radical (unpaired) electrons. The number of rotatable bonds is 6. The van der Waals surface area contributed by atoms with Crippen LogP contribution in [0.25, 0.3) is 21.8 Å². The molecule has 0 atom stereocenters. The summed E-state index contributed by atoms with van der Waals surface area (Å²) in [7, 11) is 0. The van der Waals surface area contributed by atoms with Crippen molar-refractivity contribution >= 4 is 33.7 Å². The van der Waals surface area contributed by atoms with E-state index in [1.807, 2.05) is 30.3 Å². The normalized spacial score (nSPS) is 11.0. The first kappa shape index (κ1) is 17.0. The highest BCUT2D eigenvalue weighted by atomic mass is 16.5. The summed E-state index contributed by atoms with van der Waals surface area (Å²) in [5.74, 6) is -0.483. The molecule has 1 amide bonds. The second-order valence-electron chi connectivity index (χ2n) is 5.80. The van der Waals surface area contributed by atoms with Crippen molar-refractivity contribution in [2.24, 2.45) is 0 Å². The number of para-hydroxylation sites is 1. The molecule has 1 aromatic heterocycles. The van der Waals surface area contributed by atoms with E-state index in [2.05, 4.69) is 28.9 Å². The average Bonchev–Trinajstić information content (AvgIpc) is 2.94. The smallest absolute Gasteiger partial charge is 0.307 e. The number of ether oxygens (including phenoxy) is 1. The summed E-state index contributed by atoms with van der Waals surface area (Å²) in [6, 6.07) is 13.9. The maximum Gasteiger partial charge on any atom is 0.307 e. The number of benzene rings is 2. The number of amides is 1. The lowest BCUT2D eigenvalue weighted by Gasteiger charge is -2.06. The van der Waals surface area contributed by atoms with Crippen LogP contribution in [0.1, 0.15) is 30.6 Å². The number of nitrogens with zero attached hydrogens (tertiary/aromatic N) is 1. The van der Waals surface area contributed by atoms with E-state index < -0.39 is 0 Å². The molecule has 0 aliphatic carbocycles. The zero-order valence-corrected chi connectivity index (χ0v) is 14.5. The minimum Gasteiger partial charge on any atom is -0.466 e. The molecule has 5 heteroatoms. The van der Waals surface area contributed by atoms with Crippen LogP contribution in [0.3, 0.4) is 0 Å². The Morgan fingerprint density at radius 3 is 2.56 bits per heavy atom. The molecule has 0 bridgehead atoms. The molecule has 0 spiro atoms. The number of nitrogens with one attached hydrogen (secondary N) is 1. The van der Waals surface area contributed by atoms with E-state index in [1.54, 1.807) is 6.92 Å². The minimum atomic E-state index is -0.302. The zero-order valence-electron chi connectivity index (χ0n) is 14.5. The monoisotopic (exact) mass is 338 g/mol. The van der Waals surface area contributed by atoms with Gasteiger partial charge in [-0.3, -0.25) is 9.59 Å². The van der Waals surface area contributed by atoms with Crippen molar-refractivity contribution in [1.29, 1.82) is 0 Å². The van der Waals surface area contributed by atoms with Crippen molar-refractivity contribution in [3.8, 4) is 0 Å². The Kier molecular flexibility index (Phi) is 5.03. The van der Waals surface area contributed by atoms with E-state index in [9.17, 15) is 9.59 Å². The summed E-state index contributed by atoms with van der Waals surface area (Å²) in [6.07, 6.45) is 0.178. The van der Waals surface area contributed by atoms with Gasteiger partial charge < -0.3 is 14.6 Å². The van der Waals surface area contributed by atoms with Crippen molar-refractivity contribution in [3.63, 3.8) is 0 Å². The first-order valence-corrected chi connectivity index (χ1v) is 8.60. The van der Waals surface area contributed by atoms with Crippen LogP contribution in [0.15, 0.2) is 42.5 Å². The van der Waals surface area contributed by atoms with E-state index >= 15 is 0 Å². The lowest BCUT2D eigenvalue weighted by Crippen LogP contribution is -2.26. The summed E-state index contributed by atoms with van der Waals surface area (Å²) in [5.41, 5.74) is 2.88. The van der Waals surface area contributed by atoms with Crippen molar-refractivity contribution in [1.82, 2.24) is 9.88 Å². The fourth-order valence-electron chi connectivity index (χ4n) is 3.15. The molecule has 0 saturated heterocycles. The molecule has 3 rings (SSSR count). The van der Waals surface area contributed by atoms with Gasteiger partial charge in [-0.25, -0.2) is 0 Å². The van der Waals surface area contributed by atoms with Crippen molar-refractivity contribution in [2.75, 3.05) is 13.2 Å². The van der Waals surface area contributed by atoms with Crippen LogP contribution >= 0.6 is 0 Å². The fraction of sp³-hybridized carbons (Fsp3) is 0.300. The van der Waals surface area contributed by atoms with E-state index in [-0.39, 0.29) is 24.8 Å². The maximum absolute atomic E-state index is 12.4. The number of hydrogen-bond acceptors (Lipinski definition) is 3. The number of hydrogen-bond donors (Lipinski definition) is 1. The molecule has 5 nitrogen and oxygen atoms in total. The molecule has 130 valence electrons. The van der Waals surface area contributed by atoms with Gasteiger partial charge in [0, 0.05) is 40.5 Å². The molecule has 1 heterocycles. The average molecular weight is 338 g/mol. The molecule has 1 N–H and O–H groups in total. The quantitative estimate of drug-likeness (QED) is 0.700. The van der Waals surface area contributed by atoms with E-state index in [0.717, 1.165) is 22.8 Å². The molecule has 0 aliphatic heterocycles. The molecule has 0 aliphatic rings. The Morgan fingerprint density at radius 2 is 1.80 bits per heavy atom. The summed E-state index contributed by atoms with van der Waals surface area (Å²) < 4.78 is 7.10. The van der Waals surface area contributed by atoms with Gasteiger partial charge >= 0.3 is 5.97 Å². The third-order valence-corrected chi connectivity index (χ3v) is 4.27. The van der Waals surface area contributed by atoms with Crippen LogP contribution in [-0.4, -0.2) is 29.6 Å². The first-order valence-electron chi connectivity index (χ1n) is 8.60. The molecule has 0 saturated carbocycles. The van der Waals surface area contributed by atoms with Gasteiger partial charge in [-0.05, 0) is 38.1 Å². The highest BCUT2D eigenvalue weighted by Gasteiger charge is 2.13. The van der Waals surface area contributed by atoms with Gasteiger partial charge in [0.2, 0.25) is 0 Å². The van der Waals surface area contributed by atoms with Crippen molar-refractivity contribution in [3.05, 3.63) is 48.0 Å². The summed E-state index contributed by atoms with van der Waals surface area (Å²) in [6.45, 7) is 5.37. The molecular weight excluding hydrogens is 316 g/mol. The molecule has 25 heavy (non-hydrogen) atoms. The van der Waals surface area contributed by atoms with Gasteiger partial charge in [0.1, 0.15) is 0 Å². The standard InChI is InChI=1S/C20H22N2O3/c1-3-22-17-8-6-5-7-15(17)16-13-14(9-10-18(16)22)20(24)21-12-11-19(23)25-4-2/h5-10,13H,3-4,11-12H2,1-2H3,(H,21,24). The SMILES string of the molecule is CCOC(=O)CCNC(=O)c1ccc2c(c1)c1ccccc1n2CC. The predicted molar refractivity (Wildman–Crippen MR) is 98.7 cm³/mol. The Hall–Kier alpha value is -2.82. The van der Waals surface area contributed by atoms with Crippen LogP contribution in [0.4, 0.5) is 0 Å². The largest absolute Gasteiger partial charge is 0.466 e. The third-order valence-electron chi connectivity index (χ3n) is 4.27. The number of esters is 1. The Bertz CT molecular complexity index is 927. The van der Waals surface area contributed by atoms with Crippen LogP contribution in [-0.2, 0) is 16.1 Å². The van der Waals surface area contributed by atoms with E-state index in [4.69, 9.17) is 4.74 Å². The van der Waals surface area contributed by atoms with Gasteiger partial charge in [0.25, 0.3) is 5.91 Å². The molecular formula is C20H22N2O3. The number of aromatic nitrogens is 1. The minimum absolute atomic E-state index is 0.178. The lowest BCUT2D eigenvalue weighted by molar-refractivity contribution is -0.142. The highest BCUT2D eigenvalue weighted by molar-refractivity contribution is 6.10. The number of fused-ring (bicyclic) bond motifs is 3. The number of aryl methyl sites for hydroxylation is 1. The van der Waals surface area contributed by atoms with E-state index in [1.165, 1.54) is 5.52 Å². The fourth-order valence-corrected chi connectivity index (χ4v) is 3.15. The molecule has 3 aromatic rings. The lowest BCUT2D eigenvalue weighted by atomic mass is 10.1. The van der Waals surface area contributed by atoms with Crippen LogP contribution < -0.4 is 5.32 Å². The first-order chi connectivity index (χ1) is 12.2. The second kappa shape index (κ2) is 7.38. The Morgan fingerprint density at radius 1 is 1.04 bits per heavy atom. The maximum atomic E-state index is 12.4. The zero-order chi connectivity index (χ0) is 17.8. The number of carbonyl (C=O) groups is 2. The molecule has 0 fully saturated rings. The summed E-state index contributed by atoms with van der Waals surface area (Å²) in [4.78, 5) is 23.7. The third kappa shape index (κ3) is 3.36. The van der Waals surface area contributed by atoms with Gasteiger partial charge in [0.15, 0.2) is 0 Å². The van der Waals surface area contributed by atoms with Gasteiger partial charge in [0.05, 0.1) is 13.0 Å². The summed E-state index contributed by atoms with van der Waals surface area (Å²) in [5, 5.41) is 4.98. The van der Waals surface area contributed by atoms with Crippen LogP contribution in [0, 0.1) is 0 Å². The Balaban J connectivity index is 1.85. The second-order valence-corrected chi connectivity index (χ2v) is 5.80.